The van der Waals surface area contributed by atoms with Crippen LogP contribution < -0.4 is 11.3 Å². The summed E-state index contributed by atoms with van der Waals surface area (Å²) in [7, 11) is 0. The molecular formula is C11H11N5O2. The molecule has 0 unspecified atom stereocenters. The minimum Gasteiger partial charge on any atom is -0.458 e. The highest BCUT2D eigenvalue weighted by molar-refractivity contribution is 5.74. The average Bonchev–Trinajstić information content (AvgIpc) is 2.93. The van der Waals surface area contributed by atoms with Crippen LogP contribution in [0.1, 0.15) is 12.7 Å². The lowest BCUT2D eigenvalue weighted by molar-refractivity contribution is 0.526. The first-order valence-electron chi connectivity index (χ1n) is 5.52. The van der Waals surface area contributed by atoms with Gasteiger partial charge in [-0.05, 0) is 12.1 Å². The van der Waals surface area contributed by atoms with Crippen molar-refractivity contribution in [1.82, 2.24) is 19.9 Å². The number of hydrogen-bond donors (Lipinski definition) is 3. The van der Waals surface area contributed by atoms with E-state index < -0.39 is 0 Å². The number of nitrogens with one attached hydrogen (secondary N) is 2. The highest BCUT2D eigenvalue weighted by Crippen LogP contribution is 2.20. The fourth-order valence-corrected chi connectivity index (χ4v) is 1.74. The van der Waals surface area contributed by atoms with E-state index in [9.17, 15) is 4.79 Å². The third kappa shape index (κ3) is 1.56. The molecule has 4 N–H and O–H groups in total. The van der Waals surface area contributed by atoms with Crippen LogP contribution in [0.5, 0.6) is 0 Å². The number of imidazole rings is 1. The smallest absolute Gasteiger partial charge is 0.278 e. The lowest BCUT2D eigenvalue weighted by Crippen LogP contribution is -2.10. The van der Waals surface area contributed by atoms with Gasteiger partial charge < -0.3 is 15.1 Å². The number of fused-ring (bicyclic) bond motifs is 1. The molecule has 0 aliphatic heterocycles. The van der Waals surface area contributed by atoms with Crippen molar-refractivity contribution in [2.75, 3.05) is 5.73 Å². The van der Waals surface area contributed by atoms with Gasteiger partial charge in [-0.15, -0.1) is 0 Å². The standard InChI is InChI=1S/C11H11N5O2/c1-2-5-3-4-6(18-5)8-13-7-9(14-8)15-11(12)16-10(7)17/h3-4H,2H2,1H3,(H4,12,13,14,15,16,17). The second-order valence-electron chi connectivity index (χ2n) is 3.85. The van der Waals surface area contributed by atoms with Crippen LogP contribution in [0.3, 0.4) is 0 Å². The Morgan fingerprint density at radius 1 is 1.33 bits per heavy atom. The maximum absolute atomic E-state index is 11.6. The number of H-pyrrole nitrogens is 2. The van der Waals surface area contributed by atoms with Gasteiger partial charge in [0.2, 0.25) is 5.95 Å². The monoisotopic (exact) mass is 245 g/mol. The molecule has 0 atom stereocenters. The molecule has 0 radical (unpaired) electrons. The Kier molecular flexibility index (Phi) is 2.19. The molecule has 3 aromatic rings. The molecule has 92 valence electrons. The molecular weight excluding hydrogens is 234 g/mol. The number of furan rings is 1. The highest BCUT2D eigenvalue weighted by atomic mass is 16.3. The van der Waals surface area contributed by atoms with Gasteiger partial charge in [0.05, 0.1) is 0 Å². The zero-order valence-electron chi connectivity index (χ0n) is 9.65. The number of anilines is 1. The zero-order valence-corrected chi connectivity index (χ0v) is 9.65. The van der Waals surface area contributed by atoms with Crippen LogP contribution in [0.25, 0.3) is 22.7 Å². The molecule has 0 saturated heterocycles. The van der Waals surface area contributed by atoms with E-state index in [0.29, 0.717) is 11.6 Å². The number of aryl methyl sites for hydroxylation is 1. The van der Waals surface area contributed by atoms with Crippen molar-refractivity contribution in [3.63, 3.8) is 0 Å². The maximum Gasteiger partial charge on any atom is 0.278 e. The molecule has 3 rings (SSSR count). The number of nitrogens with zero attached hydrogens (tertiary/aromatic N) is 2. The van der Waals surface area contributed by atoms with Crippen molar-refractivity contribution in [3.8, 4) is 11.6 Å². The van der Waals surface area contributed by atoms with Gasteiger partial charge in [0.15, 0.2) is 22.7 Å². The Hall–Kier alpha value is -2.57. The van der Waals surface area contributed by atoms with E-state index in [4.69, 9.17) is 10.2 Å². The first kappa shape index (κ1) is 10.6. The van der Waals surface area contributed by atoms with E-state index in [1.807, 2.05) is 13.0 Å². The van der Waals surface area contributed by atoms with E-state index in [-0.39, 0.29) is 22.7 Å². The number of aromatic amines is 2. The van der Waals surface area contributed by atoms with Crippen molar-refractivity contribution in [2.45, 2.75) is 13.3 Å². The second kappa shape index (κ2) is 3.73. The van der Waals surface area contributed by atoms with Gasteiger partial charge in [0, 0.05) is 6.42 Å². The summed E-state index contributed by atoms with van der Waals surface area (Å²) in [4.78, 5) is 25.0. The molecule has 3 heterocycles. The summed E-state index contributed by atoms with van der Waals surface area (Å²) in [5, 5.41) is 0. The van der Waals surface area contributed by atoms with E-state index in [0.717, 1.165) is 12.2 Å². The molecule has 18 heavy (non-hydrogen) atoms. The van der Waals surface area contributed by atoms with Gasteiger partial charge in [0.25, 0.3) is 5.56 Å². The topological polar surface area (TPSA) is 114 Å². The third-order valence-corrected chi connectivity index (χ3v) is 2.62. The van der Waals surface area contributed by atoms with E-state index in [1.165, 1.54) is 0 Å². The minimum absolute atomic E-state index is 0.0410. The van der Waals surface area contributed by atoms with Crippen LogP contribution in [-0.4, -0.2) is 19.9 Å². The van der Waals surface area contributed by atoms with Crippen molar-refractivity contribution in [1.29, 1.82) is 0 Å². The minimum atomic E-state index is -0.349. The molecule has 0 spiro atoms. The van der Waals surface area contributed by atoms with E-state index in [2.05, 4.69) is 19.9 Å². The highest BCUT2D eigenvalue weighted by Gasteiger charge is 2.12. The lowest BCUT2D eigenvalue weighted by Gasteiger charge is -1.89. The van der Waals surface area contributed by atoms with Crippen LogP contribution in [0.4, 0.5) is 5.95 Å². The van der Waals surface area contributed by atoms with Gasteiger partial charge in [-0.25, -0.2) is 4.98 Å². The fraction of sp³-hybridized carbons (Fsp3) is 0.182. The van der Waals surface area contributed by atoms with Gasteiger partial charge in [-0.2, -0.15) is 4.98 Å². The molecule has 7 heteroatoms. The molecule has 7 nitrogen and oxygen atoms in total. The van der Waals surface area contributed by atoms with Crippen molar-refractivity contribution >= 4 is 17.1 Å². The molecule has 3 aromatic heterocycles. The first-order valence-corrected chi connectivity index (χ1v) is 5.52. The van der Waals surface area contributed by atoms with Gasteiger partial charge in [-0.3, -0.25) is 9.78 Å². The number of nitrogen functional groups attached to an aromatic ring is 1. The molecule has 0 amide bonds. The van der Waals surface area contributed by atoms with Crippen molar-refractivity contribution in [3.05, 3.63) is 28.2 Å². The Labute approximate surface area is 101 Å². The molecule has 0 saturated carbocycles. The number of hydrogen-bond acceptors (Lipinski definition) is 5. The summed E-state index contributed by atoms with van der Waals surface area (Å²) in [5.74, 6) is 1.93. The van der Waals surface area contributed by atoms with Gasteiger partial charge >= 0.3 is 0 Å². The van der Waals surface area contributed by atoms with Crippen LogP contribution in [-0.2, 0) is 6.42 Å². The van der Waals surface area contributed by atoms with Gasteiger partial charge in [0.1, 0.15) is 5.76 Å². The summed E-state index contributed by atoms with van der Waals surface area (Å²) >= 11 is 0. The predicted molar refractivity (Wildman–Crippen MR) is 66.0 cm³/mol. The third-order valence-electron chi connectivity index (χ3n) is 2.62. The normalized spacial score (nSPS) is 11.2. The Balaban J connectivity index is 2.19. The molecule has 0 bridgehead atoms. The quantitative estimate of drug-likeness (QED) is 0.624. The molecule has 0 aliphatic carbocycles. The lowest BCUT2D eigenvalue weighted by atomic mass is 10.3. The maximum atomic E-state index is 11.6. The number of nitrogens with two attached hydrogens (primary N) is 1. The summed E-state index contributed by atoms with van der Waals surface area (Å²) in [6.07, 6.45) is 0.798. The zero-order chi connectivity index (χ0) is 12.7. The molecule has 0 aromatic carbocycles. The van der Waals surface area contributed by atoms with Crippen LogP contribution in [0.15, 0.2) is 21.3 Å². The van der Waals surface area contributed by atoms with E-state index in [1.54, 1.807) is 6.07 Å². The van der Waals surface area contributed by atoms with Crippen LogP contribution in [0, 0.1) is 0 Å². The summed E-state index contributed by atoms with van der Waals surface area (Å²) in [5.41, 5.74) is 5.67. The SMILES string of the molecule is CCc1ccc(-c2nc3nc(N)[nH]c(=O)c3[nH]2)o1. The number of rotatable bonds is 2. The average molecular weight is 245 g/mol. The summed E-state index contributed by atoms with van der Waals surface area (Å²) in [6, 6.07) is 3.67. The molecule has 0 fully saturated rings. The molecule has 0 aliphatic rings. The summed E-state index contributed by atoms with van der Waals surface area (Å²) < 4.78 is 5.55. The Morgan fingerprint density at radius 2 is 2.17 bits per heavy atom. The van der Waals surface area contributed by atoms with Crippen LogP contribution >= 0.6 is 0 Å². The number of aromatic nitrogens is 4. The largest absolute Gasteiger partial charge is 0.458 e. The van der Waals surface area contributed by atoms with Crippen molar-refractivity contribution in [2.24, 2.45) is 0 Å². The Bertz CT molecular complexity index is 767. The van der Waals surface area contributed by atoms with Gasteiger partial charge in [-0.1, -0.05) is 6.92 Å². The van der Waals surface area contributed by atoms with E-state index >= 15 is 0 Å². The summed E-state index contributed by atoms with van der Waals surface area (Å²) in [6.45, 7) is 1.99. The Morgan fingerprint density at radius 3 is 2.89 bits per heavy atom. The van der Waals surface area contributed by atoms with Crippen molar-refractivity contribution < 1.29 is 4.42 Å². The fourth-order valence-electron chi connectivity index (χ4n) is 1.74. The first-order chi connectivity index (χ1) is 8.67. The van der Waals surface area contributed by atoms with Crippen LogP contribution in [0.2, 0.25) is 0 Å². The second-order valence-corrected chi connectivity index (χ2v) is 3.85. The predicted octanol–water partition coefficient (Wildman–Crippen LogP) is 1.05.